The van der Waals surface area contributed by atoms with Crippen molar-refractivity contribution in [2.45, 2.75) is 39.3 Å². The van der Waals surface area contributed by atoms with Gasteiger partial charge in [0.05, 0.1) is 17.8 Å². The molecule has 29 heavy (non-hydrogen) atoms. The van der Waals surface area contributed by atoms with E-state index in [1.807, 2.05) is 37.0 Å². The lowest BCUT2D eigenvalue weighted by molar-refractivity contribution is 0.0767. The molecule has 0 unspecified atom stereocenters. The number of amides is 1. The Hall–Kier alpha value is -2.80. The maximum Gasteiger partial charge on any atom is 0.276 e. The van der Waals surface area contributed by atoms with E-state index in [4.69, 9.17) is 0 Å². The van der Waals surface area contributed by atoms with Crippen molar-refractivity contribution in [1.29, 1.82) is 0 Å². The van der Waals surface area contributed by atoms with E-state index >= 15 is 0 Å². The minimum atomic E-state index is -0.0443. The molecule has 0 N–H and O–H groups in total. The van der Waals surface area contributed by atoms with Crippen molar-refractivity contribution in [3.05, 3.63) is 54.0 Å². The standard InChI is InChI=1S/C22H28N6O/c1-3-27(4-2)22(29)21-16-28(25-24-21)18-9-7-13-26(15-18)14-17-8-5-11-20-19(17)10-6-12-23-20/h5-6,8,10-12,16,18H,3-4,7,9,13-15H2,1-2H3/t18-/m0/s1. The summed E-state index contributed by atoms with van der Waals surface area (Å²) in [6.07, 6.45) is 5.81. The SMILES string of the molecule is CCN(CC)C(=O)c1cn([C@H]2CCCN(Cc3cccc4ncccc34)C2)nn1. The number of hydrogen-bond acceptors (Lipinski definition) is 5. The lowest BCUT2D eigenvalue weighted by Crippen LogP contribution is -2.36. The van der Waals surface area contributed by atoms with Crippen LogP contribution in [0.25, 0.3) is 10.9 Å². The highest BCUT2D eigenvalue weighted by molar-refractivity contribution is 5.91. The number of fused-ring (bicyclic) bond motifs is 1. The first-order valence-electron chi connectivity index (χ1n) is 10.5. The van der Waals surface area contributed by atoms with Crippen LogP contribution in [0.5, 0.6) is 0 Å². The molecule has 0 aliphatic carbocycles. The summed E-state index contributed by atoms with van der Waals surface area (Å²) in [5.41, 5.74) is 2.77. The molecule has 1 aliphatic heterocycles. The van der Waals surface area contributed by atoms with Gasteiger partial charge in [0.2, 0.25) is 0 Å². The van der Waals surface area contributed by atoms with Crippen LogP contribution in [0.3, 0.4) is 0 Å². The minimum absolute atomic E-state index is 0.0443. The van der Waals surface area contributed by atoms with Gasteiger partial charge in [0.25, 0.3) is 5.91 Å². The first-order valence-corrected chi connectivity index (χ1v) is 10.5. The van der Waals surface area contributed by atoms with E-state index in [1.165, 1.54) is 10.9 Å². The smallest absolute Gasteiger partial charge is 0.276 e. The van der Waals surface area contributed by atoms with Gasteiger partial charge in [-0.15, -0.1) is 5.10 Å². The molecule has 7 heteroatoms. The Morgan fingerprint density at radius 3 is 2.90 bits per heavy atom. The number of hydrogen-bond donors (Lipinski definition) is 0. The van der Waals surface area contributed by atoms with Crippen LogP contribution in [-0.2, 0) is 6.54 Å². The number of aromatic nitrogens is 4. The predicted octanol–water partition coefficient (Wildman–Crippen LogP) is 3.15. The fourth-order valence-electron chi connectivity index (χ4n) is 4.16. The molecule has 0 bridgehead atoms. The van der Waals surface area contributed by atoms with E-state index < -0.39 is 0 Å². The summed E-state index contributed by atoms with van der Waals surface area (Å²) in [5.74, 6) is -0.0443. The zero-order valence-corrected chi connectivity index (χ0v) is 17.2. The number of carbonyl (C=O) groups excluding carboxylic acids is 1. The number of benzene rings is 1. The van der Waals surface area contributed by atoms with Gasteiger partial charge in [0.1, 0.15) is 0 Å². The molecule has 1 amide bonds. The number of pyridine rings is 1. The van der Waals surface area contributed by atoms with Crippen molar-refractivity contribution in [1.82, 2.24) is 29.8 Å². The zero-order valence-electron chi connectivity index (χ0n) is 17.2. The molecule has 1 aliphatic rings. The Morgan fingerprint density at radius 2 is 2.07 bits per heavy atom. The van der Waals surface area contributed by atoms with Gasteiger partial charge in [-0.3, -0.25) is 14.7 Å². The van der Waals surface area contributed by atoms with Crippen LogP contribution in [0, 0.1) is 0 Å². The molecule has 0 spiro atoms. The summed E-state index contributed by atoms with van der Waals surface area (Å²) in [7, 11) is 0. The molecule has 0 saturated carbocycles. The Morgan fingerprint density at radius 1 is 1.21 bits per heavy atom. The number of nitrogens with zero attached hydrogens (tertiary/aromatic N) is 6. The Balaban J connectivity index is 1.47. The van der Waals surface area contributed by atoms with E-state index in [0.717, 1.165) is 38.0 Å². The molecule has 1 fully saturated rings. The summed E-state index contributed by atoms with van der Waals surface area (Å²) < 4.78 is 1.88. The normalized spacial score (nSPS) is 17.5. The Bertz CT molecular complexity index is 975. The third-order valence-electron chi connectivity index (χ3n) is 5.76. The fraction of sp³-hybridized carbons (Fsp3) is 0.455. The van der Waals surface area contributed by atoms with Gasteiger partial charge in [0.15, 0.2) is 5.69 Å². The van der Waals surface area contributed by atoms with Gasteiger partial charge < -0.3 is 4.90 Å². The summed E-state index contributed by atoms with van der Waals surface area (Å²) in [4.78, 5) is 21.2. The van der Waals surface area contributed by atoms with Crippen LogP contribution in [0.4, 0.5) is 0 Å². The first kappa shape index (κ1) is 19.5. The van der Waals surface area contributed by atoms with Crippen LogP contribution in [0.1, 0.15) is 48.8 Å². The van der Waals surface area contributed by atoms with Crippen LogP contribution in [0.15, 0.2) is 42.7 Å². The van der Waals surface area contributed by atoms with Crippen molar-refractivity contribution < 1.29 is 4.79 Å². The molecule has 1 aromatic carbocycles. The number of likely N-dealkylation sites (tertiary alicyclic amines) is 1. The van der Waals surface area contributed by atoms with Gasteiger partial charge in [-0.25, -0.2) is 4.68 Å². The molecule has 0 radical (unpaired) electrons. The van der Waals surface area contributed by atoms with Gasteiger partial charge in [-0.2, -0.15) is 0 Å². The summed E-state index contributed by atoms with van der Waals surface area (Å²) in [6.45, 7) is 8.17. The molecule has 1 atom stereocenters. The summed E-state index contributed by atoms with van der Waals surface area (Å²) in [6, 6.07) is 10.7. The van der Waals surface area contributed by atoms with Crippen molar-refractivity contribution in [3.8, 4) is 0 Å². The quantitative estimate of drug-likeness (QED) is 0.645. The van der Waals surface area contributed by atoms with E-state index in [9.17, 15) is 4.79 Å². The zero-order chi connectivity index (χ0) is 20.2. The van der Waals surface area contributed by atoms with Gasteiger partial charge in [-0.1, -0.05) is 23.4 Å². The maximum absolute atomic E-state index is 12.5. The lowest BCUT2D eigenvalue weighted by atomic mass is 10.0. The van der Waals surface area contributed by atoms with Crippen molar-refractivity contribution in [2.24, 2.45) is 0 Å². The van der Waals surface area contributed by atoms with Gasteiger partial charge >= 0.3 is 0 Å². The largest absolute Gasteiger partial charge is 0.338 e. The third kappa shape index (κ3) is 4.15. The van der Waals surface area contributed by atoms with Crippen molar-refractivity contribution >= 4 is 16.8 Å². The highest BCUT2D eigenvalue weighted by Gasteiger charge is 2.24. The number of carbonyl (C=O) groups is 1. The molecule has 3 aromatic rings. The maximum atomic E-state index is 12.5. The Kier molecular flexibility index (Phi) is 5.85. The monoisotopic (exact) mass is 392 g/mol. The third-order valence-corrected chi connectivity index (χ3v) is 5.76. The summed E-state index contributed by atoms with van der Waals surface area (Å²) in [5, 5.41) is 9.65. The van der Waals surface area contributed by atoms with Gasteiger partial charge in [0, 0.05) is 37.8 Å². The van der Waals surface area contributed by atoms with Crippen LogP contribution < -0.4 is 0 Å². The number of piperidine rings is 1. The molecule has 152 valence electrons. The highest BCUT2D eigenvalue weighted by atomic mass is 16.2. The van der Waals surface area contributed by atoms with Crippen molar-refractivity contribution in [3.63, 3.8) is 0 Å². The fourth-order valence-corrected chi connectivity index (χ4v) is 4.16. The molecule has 7 nitrogen and oxygen atoms in total. The second kappa shape index (κ2) is 8.69. The second-order valence-electron chi connectivity index (χ2n) is 7.58. The first-order chi connectivity index (χ1) is 14.2. The van der Waals surface area contributed by atoms with E-state index in [0.29, 0.717) is 18.8 Å². The van der Waals surface area contributed by atoms with E-state index in [-0.39, 0.29) is 11.9 Å². The minimum Gasteiger partial charge on any atom is -0.338 e. The van der Waals surface area contributed by atoms with Gasteiger partial charge in [-0.05, 0) is 50.9 Å². The summed E-state index contributed by atoms with van der Waals surface area (Å²) >= 11 is 0. The number of rotatable bonds is 6. The van der Waals surface area contributed by atoms with Crippen molar-refractivity contribution in [2.75, 3.05) is 26.2 Å². The average molecular weight is 393 g/mol. The molecular weight excluding hydrogens is 364 g/mol. The lowest BCUT2D eigenvalue weighted by Gasteiger charge is -2.32. The van der Waals surface area contributed by atoms with Crippen LogP contribution in [0.2, 0.25) is 0 Å². The molecule has 1 saturated heterocycles. The molecule has 3 heterocycles. The topological polar surface area (TPSA) is 67.2 Å². The van der Waals surface area contributed by atoms with Crippen LogP contribution >= 0.6 is 0 Å². The highest BCUT2D eigenvalue weighted by Crippen LogP contribution is 2.24. The van der Waals surface area contributed by atoms with E-state index in [2.05, 4.69) is 44.5 Å². The molecule has 2 aromatic heterocycles. The molecule has 4 rings (SSSR count). The average Bonchev–Trinajstić information content (AvgIpc) is 3.25. The van der Waals surface area contributed by atoms with E-state index in [1.54, 1.807) is 4.90 Å². The Labute approximate surface area is 171 Å². The van der Waals surface area contributed by atoms with Crippen LogP contribution in [-0.4, -0.2) is 61.9 Å². The molecular formula is C22H28N6O. The predicted molar refractivity (Wildman–Crippen MR) is 113 cm³/mol. The second-order valence-corrected chi connectivity index (χ2v) is 7.58.